The number of hydrogen-bond acceptors (Lipinski definition) is 0. The fraction of sp³-hybridized carbons (Fsp3) is 1.00. The zero-order valence-electron chi connectivity index (χ0n) is 9.80. The predicted octanol–water partition coefficient (Wildman–Crippen LogP) is 4.78. The first-order chi connectivity index (χ1) is 6.86. The van der Waals surface area contributed by atoms with E-state index in [9.17, 15) is 0 Å². The summed E-state index contributed by atoms with van der Waals surface area (Å²) in [6, 6.07) is 0. The molecule has 2 aliphatic rings. The van der Waals surface area contributed by atoms with Crippen LogP contribution in [0.15, 0.2) is 0 Å². The van der Waals surface area contributed by atoms with Gasteiger partial charge >= 0.3 is 0 Å². The number of rotatable bonds is 6. The molecule has 0 spiro atoms. The Bertz CT molecular complexity index is 157. The fourth-order valence-electron chi connectivity index (χ4n) is 2.96. The second-order valence-electron chi connectivity index (χ2n) is 5.75. The van der Waals surface area contributed by atoms with E-state index in [4.69, 9.17) is 0 Å². The van der Waals surface area contributed by atoms with E-state index < -0.39 is 0 Å². The van der Waals surface area contributed by atoms with Crippen LogP contribution in [0.2, 0.25) is 0 Å². The van der Waals surface area contributed by atoms with Crippen molar-refractivity contribution in [1.29, 1.82) is 0 Å². The molecule has 0 heteroatoms. The summed E-state index contributed by atoms with van der Waals surface area (Å²) in [6.07, 6.45) is 15.3. The zero-order chi connectivity index (χ0) is 9.80. The van der Waals surface area contributed by atoms with Crippen molar-refractivity contribution < 1.29 is 0 Å². The van der Waals surface area contributed by atoms with Gasteiger partial charge in [0.1, 0.15) is 0 Å². The van der Waals surface area contributed by atoms with Crippen molar-refractivity contribution in [3.05, 3.63) is 0 Å². The first kappa shape index (κ1) is 10.5. The maximum absolute atomic E-state index is 2.43. The molecule has 2 aliphatic carbocycles. The van der Waals surface area contributed by atoms with Crippen LogP contribution in [0.5, 0.6) is 0 Å². The molecule has 2 saturated carbocycles. The van der Waals surface area contributed by atoms with Gasteiger partial charge in [-0.1, -0.05) is 64.7 Å². The van der Waals surface area contributed by atoms with Crippen LogP contribution in [-0.4, -0.2) is 0 Å². The summed E-state index contributed by atoms with van der Waals surface area (Å²) in [5, 5.41) is 0. The van der Waals surface area contributed by atoms with Crippen molar-refractivity contribution >= 4 is 0 Å². The molecule has 0 amide bonds. The van der Waals surface area contributed by atoms with Gasteiger partial charge in [0.05, 0.1) is 0 Å². The average molecular weight is 194 g/mol. The Morgan fingerprint density at radius 3 is 2.14 bits per heavy atom. The predicted molar refractivity (Wildman–Crippen MR) is 62.3 cm³/mol. The van der Waals surface area contributed by atoms with E-state index in [1.165, 1.54) is 44.9 Å². The average Bonchev–Trinajstić information content (AvgIpc) is 2.11. The van der Waals surface area contributed by atoms with E-state index in [1.54, 1.807) is 19.3 Å². The third-order valence-electron chi connectivity index (χ3n) is 4.71. The third-order valence-corrected chi connectivity index (χ3v) is 4.71. The lowest BCUT2D eigenvalue weighted by molar-refractivity contribution is 0.177. The molecule has 14 heavy (non-hydrogen) atoms. The molecule has 2 rings (SSSR count). The number of hydrogen-bond donors (Lipinski definition) is 0. The molecule has 0 radical (unpaired) electrons. The van der Waals surface area contributed by atoms with Gasteiger partial charge in [-0.25, -0.2) is 0 Å². The molecule has 2 fully saturated rings. The summed E-state index contributed by atoms with van der Waals surface area (Å²) in [4.78, 5) is 0. The Kier molecular flexibility index (Phi) is 3.89. The summed E-state index contributed by atoms with van der Waals surface area (Å²) in [6.45, 7) is 2.43. The minimum absolute atomic E-state index is 1.06. The van der Waals surface area contributed by atoms with Crippen molar-refractivity contribution in [1.82, 2.24) is 0 Å². The monoisotopic (exact) mass is 194 g/mol. The lowest BCUT2D eigenvalue weighted by atomic mass is 9.72. The van der Waals surface area contributed by atoms with Crippen molar-refractivity contribution in [3.8, 4) is 0 Å². The van der Waals surface area contributed by atoms with Crippen LogP contribution in [0.3, 0.4) is 0 Å². The number of unbranched alkanes of at least 4 members (excludes halogenated alkanes) is 2. The second kappa shape index (κ2) is 5.19. The van der Waals surface area contributed by atoms with Crippen LogP contribution in [-0.2, 0) is 0 Å². The summed E-state index contributed by atoms with van der Waals surface area (Å²) >= 11 is 0. The lowest BCUT2D eigenvalue weighted by Crippen LogP contribution is -2.22. The molecule has 2 unspecified atom stereocenters. The van der Waals surface area contributed by atoms with Crippen LogP contribution in [0.4, 0.5) is 0 Å². The molecule has 82 valence electrons. The molecule has 0 aromatic rings. The van der Waals surface area contributed by atoms with Gasteiger partial charge in [0.25, 0.3) is 0 Å². The van der Waals surface area contributed by atoms with Gasteiger partial charge < -0.3 is 0 Å². The fourth-order valence-corrected chi connectivity index (χ4v) is 2.96. The van der Waals surface area contributed by atoms with E-state index in [2.05, 4.69) is 6.92 Å². The molecule has 0 heterocycles. The van der Waals surface area contributed by atoms with Crippen molar-refractivity contribution in [2.75, 3.05) is 0 Å². The van der Waals surface area contributed by atoms with Crippen LogP contribution < -0.4 is 0 Å². The van der Waals surface area contributed by atoms with Gasteiger partial charge in [-0.3, -0.25) is 0 Å². The van der Waals surface area contributed by atoms with Gasteiger partial charge in [-0.2, -0.15) is 0 Å². The molecule has 2 atom stereocenters. The topological polar surface area (TPSA) is 0 Å². The highest BCUT2D eigenvalue weighted by atomic mass is 14.3. The Morgan fingerprint density at radius 2 is 1.64 bits per heavy atom. The molecule has 0 aromatic carbocycles. The SMILES string of the molecule is CC1CCC1CCCCCC1CCC1. The Hall–Kier alpha value is 0. The lowest BCUT2D eigenvalue weighted by Gasteiger charge is -2.34. The van der Waals surface area contributed by atoms with Gasteiger partial charge in [0.15, 0.2) is 0 Å². The van der Waals surface area contributed by atoms with E-state index in [-0.39, 0.29) is 0 Å². The maximum atomic E-state index is 2.43. The zero-order valence-corrected chi connectivity index (χ0v) is 9.80. The van der Waals surface area contributed by atoms with Crippen LogP contribution >= 0.6 is 0 Å². The van der Waals surface area contributed by atoms with E-state index in [0.29, 0.717) is 0 Å². The van der Waals surface area contributed by atoms with Gasteiger partial charge in [-0.15, -0.1) is 0 Å². The molecule has 0 N–H and O–H groups in total. The van der Waals surface area contributed by atoms with Crippen LogP contribution in [0.1, 0.15) is 71.1 Å². The molecule has 0 bridgehead atoms. The normalized spacial score (nSPS) is 32.4. The van der Waals surface area contributed by atoms with Gasteiger partial charge in [0.2, 0.25) is 0 Å². The standard InChI is InChI=1S/C14H26/c1-12-10-11-14(12)9-4-2-3-6-13-7-5-8-13/h12-14H,2-11H2,1H3. The molecule has 0 saturated heterocycles. The molecule has 0 aromatic heterocycles. The van der Waals surface area contributed by atoms with E-state index in [1.807, 2.05) is 0 Å². The van der Waals surface area contributed by atoms with Crippen LogP contribution in [0, 0.1) is 17.8 Å². The summed E-state index contributed by atoms with van der Waals surface area (Å²) in [7, 11) is 0. The summed E-state index contributed by atoms with van der Waals surface area (Å²) in [5.41, 5.74) is 0. The maximum Gasteiger partial charge on any atom is -0.0388 e. The first-order valence-corrected chi connectivity index (χ1v) is 6.86. The van der Waals surface area contributed by atoms with Crippen molar-refractivity contribution in [2.24, 2.45) is 17.8 Å². The summed E-state index contributed by atoms with van der Waals surface area (Å²) in [5.74, 6) is 3.30. The Labute approximate surface area is 89.5 Å². The Morgan fingerprint density at radius 1 is 0.857 bits per heavy atom. The minimum atomic E-state index is 1.06. The quantitative estimate of drug-likeness (QED) is 0.534. The minimum Gasteiger partial charge on any atom is -0.0622 e. The van der Waals surface area contributed by atoms with Gasteiger partial charge in [0, 0.05) is 0 Å². The molecule has 0 aliphatic heterocycles. The van der Waals surface area contributed by atoms with Crippen LogP contribution in [0.25, 0.3) is 0 Å². The van der Waals surface area contributed by atoms with E-state index >= 15 is 0 Å². The highest BCUT2D eigenvalue weighted by molar-refractivity contribution is 4.77. The molecular weight excluding hydrogens is 168 g/mol. The molecule has 0 nitrogen and oxygen atoms in total. The van der Waals surface area contributed by atoms with Crippen molar-refractivity contribution in [2.45, 2.75) is 71.1 Å². The highest BCUT2D eigenvalue weighted by Crippen LogP contribution is 2.37. The van der Waals surface area contributed by atoms with Gasteiger partial charge in [-0.05, 0) is 24.2 Å². The third kappa shape index (κ3) is 2.74. The largest absolute Gasteiger partial charge is 0.0622 e. The second-order valence-corrected chi connectivity index (χ2v) is 5.75. The highest BCUT2D eigenvalue weighted by Gasteiger charge is 2.25. The smallest absolute Gasteiger partial charge is 0.0388 e. The molecular formula is C14H26. The summed E-state index contributed by atoms with van der Waals surface area (Å²) < 4.78 is 0. The Balaban J connectivity index is 1.39. The van der Waals surface area contributed by atoms with Crippen molar-refractivity contribution in [3.63, 3.8) is 0 Å². The first-order valence-electron chi connectivity index (χ1n) is 6.86. The van der Waals surface area contributed by atoms with E-state index in [0.717, 1.165) is 17.8 Å².